The molecular formula is C20H30N2O3. The summed E-state index contributed by atoms with van der Waals surface area (Å²) in [5, 5.41) is 9.37. The number of hydrogen-bond acceptors (Lipinski definition) is 4. The lowest BCUT2D eigenvalue weighted by molar-refractivity contribution is -0.131. The van der Waals surface area contributed by atoms with E-state index in [1.807, 2.05) is 40.7 Å². The average molecular weight is 346 g/mol. The molecule has 0 N–H and O–H groups in total. The van der Waals surface area contributed by atoms with Crippen LogP contribution >= 0.6 is 0 Å². The van der Waals surface area contributed by atoms with E-state index < -0.39 is 11.0 Å². The van der Waals surface area contributed by atoms with Gasteiger partial charge in [0.2, 0.25) is 0 Å². The highest BCUT2D eigenvalue weighted by Gasteiger charge is 2.54. The van der Waals surface area contributed by atoms with Crippen LogP contribution in [0.25, 0.3) is 0 Å². The molecule has 2 aliphatic carbocycles. The molecule has 0 spiro atoms. The second kappa shape index (κ2) is 6.16. The quantitative estimate of drug-likeness (QED) is 0.717. The summed E-state index contributed by atoms with van der Waals surface area (Å²) in [6.45, 7) is 11.6. The molecule has 0 radical (unpaired) electrons. The molecule has 1 saturated carbocycles. The summed E-state index contributed by atoms with van der Waals surface area (Å²) >= 11 is 0. The number of ether oxygens (including phenoxy) is 1. The fraction of sp³-hybridized carbons (Fsp3) is 0.750. The van der Waals surface area contributed by atoms with Crippen molar-refractivity contribution in [2.75, 3.05) is 7.05 Å². The van der Waals surface area contributed by atoms with Crippen LogP contribution in [0.2, 0.25) is 0 Å². The second-order valence-corrected chi connectivity index (χ2v) is 9.31. The third-order valence-electron chi connectivity index (χ3n) is 5.78. The Kier molecular flexibility index (Phi) is 4.80. The smallest absolute Gasteiger partial charge is 0.410 e. The van der Waals surface area contributed by atoms with Crippen LogP contribution in [0.3, 0.4) is 0 Å². The molecule has 0 unspecified atom stereocenters. The summed E-state index contributed by atoms with van der Waals surface area (Å²) in [4.78, 5) is 26.7. The van der Waals surface area contributed by atoms with Gasteiger partial charge in [-0.3, -0.25) is 4.79 Å². The maximum Gasteiger partial charge on any atom is 0.410 e. The summed E-state index contributed by atoms with van der Waals surface area (Å²) in [6.07, 6.45) is 3.94. The molecule has 5 nitrogen and oxygen atoms in total. The molecule has 0 saturated heterocycles. The van der Waals surface area contributed by atoms with E-state index in [-0.39, 0.29) is 34.8 Å². The number of amides is 1. The molecule has 1 fully saturated rings. The molecule has 1 amide bonds. The van der Waals surface area contributed by atoms with Crippen molar-refractivity contribution < 1.29 is 14.3 Å². The summed E-state index contributed by atoms with van der Waals surface area (Å²) in [5.74, 6) is 0.115. The summed E-state index contributed by atoms with van der Waals surface area (Å²) in [5.41, 5.74) is -1.10. The van der Waals surface area contributed by atoms with Crippen LogP contribution < -0.4 is 0 Å². The number of nitriles is 1. The first-order valence-electron chi connectivity index (χ1n) is 8.95. The maximum atomic E-state index is 12.6. The number of allylic oxidation sites excluding steroid dienone is 2. The zero-order valence-electron chi connectivity index (χ0n) is 16.5. The van der Waals surface area contributed by atoms with E-state index in [0.29, 0.717) is 0 Å². The molecular weight excluding hydrogens is 316 g/mol. The van der Waals surface area contributed by atoms with Gasteiger partial charge in [0.25, 0.3) is 0 Å². The first-order chi connectivity index (χ1) is 11.3. The molecule has 138 valence electrons. The summed E-state index contributed by atoms with van der Waals surface area (Å²) in [7, 11) is 1.77. The van der Waals surface area contributed by atoms with Crippen molar-refractivity contribution in [2.45, 2.75) is 72.4 Å². The molecule has 2 rings (SSSR count). The molecule has 0 aromatic heterocycles. The van der Waals surface area contributed by atoms with E-state index in [0.717, 1.165) is 19.3 Å². The first kappa shape index (κ1) is 19.5. The van der Waals surface area contributed by atoms with E-state index in [4.69, 9.17) is 4.74 Å². The van der Waals surface area contributed by atoms with Crippen molar-refractivity contribution in [1.82, 2.24) is 4.90 Å². The van der Waals surface area contributed by atoms with E-state index >= 15 is 0 Å². The summed E-state index contributed by atoms with van der Waals surface area (Å²) in [6, 6.07) is 2.11. The van der Waals surface area contributed by atoms with Gasteiger partial charge in [0, 0.05) is 18.5 Å². The van der Waals surface area contributed by atoms with Gasteiger partial charge in [-0.15, -0.1) is 0 Å². The van der Waals surface area contributed by atoms with Gasteiger partial charge in [-0.1, -0.05) is 26.8 Å². The van der Waals surface area contributed by atoms with E-state index in [9.17, 15) is 14.9 Å². The SMILES string of the molecule is CN(C(=O)OC(C)(C)C)[C@H]1CC[C@H]2C(C)(C)C(=O)C(C#N)=C[C@]2(C)C1. The van der Waals surface area contributed by atoms with Gasteiger partial charge in [0.15, 0.2) is 5.78 Å². The second-order valence-electron chi connectivity index (χ2n) is 9.31. The van der Waals surface area contributed by atoms with Crippen LogP contribution in [-0.4, -0.2) is 35.5 Å². The number of nitrogens with zero attached hydrogens (tertiary/aromatic N) is 2. The van der Waals surface area contributed by atoms with Crippen molar-refractivity contribution in [2.24, 2.45) is 16.7 Å². The Morgan fingerprint density at radius 1 is 1.32 bits per heavy atom. The van der Waals surface area contributed by atoms with Crippen molar-refractivity contribution in [1.29, 1.82) is 5.26 Å². The summed E-state index contributed by atoms with van der Waals surface area (Å²) < 4.78 is 5.49. The first-order valence-corrected chi connectivity index (χ1v) is 8.95. The average Bonchev–Trinajstić information content (AvgIpc) is 2.48. The lowest BCUT2D eigenvalue weighted by atomic mass is 9.52. The third-order valence-corrected chi connectivity index (χ3v) is 5.78. The Morgan fingerprint density at radius 2 is 1.92 bits per heavy atom. The van der Waals surface area contributed by atoms with E-state index in [1.54, 1.807) is 11.9 Å². The zero-order valence-corrected chi connectivity index (χ0v) is 16.5. The Labute approximate surface area is 151 Å². The van der Waals surface area contributed by atoms with Gasteiger partial charge in [-0.25, -0.2) is 4.79 Å². The molecule has 0 aromatic rings. The molecule has 0 heterocycles. The minimum atomic E-state index is -0.552. The van der Waals surface area contributed by atoms with Crippen LogP contribution in [0.15, 0.2) is 11.6 Å². The number of carbonyl (C=O) groups excluding carboxylic acids is 2. The number of carbonyl (C=O) groups is 2. The number of fused-ring (bicyclic) bond motifs is 1. The van der Waals surface area contributed by atoms with Crippen molar-refractivity contribution in [3.63, 3.8) is 0 Å². The van der Waals surface area contributed by atoms with Crippen molar-refractivity contribution in [3.8, 4) is 6.07 Å². The molecule has 2 aliphatic rings. The molecule has 5 heteroatoms. The highest BCUT2D eigenvalue weighted by Crippen LogP contribution is 2.55. The van der Waals surface area contributed by atoms with Crippen LogP contribution in [0.5, 0.6) is 0 Å². The number of rotatable bonds is 1. The Bertz CT molecular complexity index is 651. The van der Waals surface area contributed by atoms with Gasteiger partial charge in [-0.2, -0.15) is 5.26 Å². The largest absolute Gasteiger partial charge is 0.444 e. The minimum Gasteiger partial charge on any atom is -0.444 e. The maximum absolute atomic E-state index is 12.6. The minimum absolute atomic E-state index is 0.0382. The Hall–Kier alpha value is -1.83. The third kappa shape index (κ3) is 3.58. The van der Waals surface area contributed by atoms with Crippen molar-refractivity contribution >= 4 is 11.9 Å². The number of ketones is 1. The lowest BCUT2D eigenvalue weighted by Gasteiger charge is -2.53. The molecule has 25 heavy (non-hydrogen) atoms. The molecule has 3 atom stereocenters. The fourth-order valence-electron chi connectivity index (χ4n) is 4.58. The van der Waals surface area contributed by atoms with Gasteiger partial charge >= 0.3 is 6.09 Å². The normalized spacial score (nSPS) is 31.4. The standard InChI is InChI=1S/C20H30N2O3/c1-18(2,3)25-17(24)22(7)14-8-9-15-19(4,5)16(23)13(12-21)10-20(15,6)11-14/h10,14-15H,8-9,11H2,1-7H3/t14-,15-,20+/m0/s1. The fourth-order valence-corrected chi connectivity index (χ4v) is 4.58. The van der Waals surface area contributed by atoms with Gasteiger partial charge in [0.1, 0.15) is 11.7 Å². The zero-order chi connectivity index (χ0) is 19.2. The van der Waals surface area contributed by atoms with Gasteiger partial charge < -0.3 is 9.64 Å². The Morgan fingerprint density at radius 3 is 2.44 bits per heavy atom. The monoisotopic (exact) mass is 346 g/mol. The number of hydrogen-bond donors (Lipinski definition) is 0. The van der Waals surface area contributed by atoms with E-state index in [1.165, 1.54) is 0 Å². The van der Waals surface area contributed by atoms with Gasteiger partial charge in [-0.05, 0) is 51.4 Å². The molecule has 0 bridgehead atoms. The molecule has 0 aliphatic heterocycles. The predicted octanol–water partition coefficient (Wildman–Crippen LogP) is 4.09. The highest BCUT2D eigenvalue weighted by molar-refractivity contribution is 6.04. The molecule has 0 aromatic carbocycles. The van der Waals surface area contributed by atoms with E-state index in [2.05, 4.69) is 13.0 Å². The van der Waals surface area contributed by atoms with Crippen LogP contribution in [0, 0.1) is 28.1 Å². The topological polar surface area (TPSA) is 70.4 Å². The van der Waals surface area contributed by atoms with Gasteiger partial charge in [0.05, 0.1) is 5.57 Å². The van der Waals surface area contributed by atoms with Crippen LogP contribution in [0.1, 0.15) is 60.8 Å². The van der Waals surface area contributed by atoms with Crippen LogP contribution in [0.4, 0.5) is 4.79 Å². The van der Waals surface area contributed by atoms with Crippen LogP contribution in [-0.2, 0) is 9.53 Å². The van der Waals surface area contributed by atoms with Crippen molar-refractivity contribution in [3.05, 3.63) is 11.6 Å². The Balaban J connectivity index is 2.27. The predicted molar refractivity (Wildman–Crippen MR) is 95.7 cm³/mol. The highest BCUT2D eigenvalue weighted by atomic mass is 16.6. The lowest BCUT2D eigenvalue weighted by Crippen LogP contribution is -2.53. The number of Topliss-reactive ketones (excluding diaryl/α,β-unsaturated/α-hetero) is 1.